The lowest BCUT2D eigenvalue weighted by Crippen LogP contribution is -1.97. The Balaban J connectivity index is 1.46. The fraction of sp³-hybridized carbons (Fsp3) is 0.0500. The Hall–Kier alpha value is -3.52. The summed E-state index contributed by atoms with van der Waals surface area (Å²) in [7, 11) is 0. The minimum absolute atomic E-state index is 0.0991. The third-order valence-corrected chi connectivity index (χ3v) is 4.58. The molecule has 0 unspecified atom stereocenters. The van der Waals surface area contributed by atoms with Crippen molar-refractivity contribution in [3.63, 3.8) is 0 Å². The van der Waals surface area contributed by atoms with Crippen molar-refractivity contribution in [2.45, 2.75) is 5.16 Å². The van der Waals surface area contributed by atoms with E-state index >= 15 is 0 Å². The number of nitrogens with zero attached hydrogens (tertiary/aromatic N) is 2. The Morgan fingerprint density at radius 3 is 2.46 bits per heavy atom. The van der Waals surface area contributed by atoms with Crippen molar-refractivity contribution < 1.29 is 19.1 Å². The van der Waals surface area contributed by atoms with Crippen LogP contribution in [0, 0.1) is 0 Å². The van der Waals surface area contributed by atoms with E-state index in [9.17, 15) is 4.79 Å². The van der Waals surface area contributed by atoms with Crippen molar-refractivity contribution in [2.24, 2.45) is 0 Å². The molecular weight excluding hydrogens is 378 g/mol. The van der Waals surface area contributed by atoms with E-state index in [1.54, 1.807) is 6.07 Å². The van der Waals surface area contributed by atoms with Gasteiger partial charge < -0.3 is 14.3 Å². The van der Waals surface area contributed by atoms with E-state index in [1.807, 2.05) is 60.7 Å². The van der Waals surface area contributed by atoms with Crippen LogP contribution in [0.1, 0.15) is 0 Å². The summed E-state index contributed by atoms with van der Waals surface area (Å²) in [4.78, 5) is 14.9. The number of aromatic amines is 1. The van der Waals surface area contributed by atoms with Crippen molar-refractivity contribution >= 4 is 17.7 Å². The zero-order valence-electron chi connectivity index (χ0n) is 14.5. The molecule has 0 spiro atoms. The molecule has 28 heavy (non-hydrogen) atoms. The first kappa shape index (κ1) is 17.9. The van der Waals surface area contributed by atoms with Crippen LogP contribution in [0.2, 0.25) is 0 Å². The van der Waals surface area contributed by atoms with Gasteiger partial charge in [-0.25, -0.2) is 0 Å². The molecule has 0 bridgehead atoms. The number of aliphatic carboxylic acids is 1. The molecule has 2 aromatic heterocycles. The molecule has 0 saturated heterocycles. The van der Waals surface area contributed by atoms with Gasteiger partial charge in [-0.3, -0.25) is 9.89 Å². The number of nitrogens with one attached hydrogen (secondary N) is 1. The Labute approximate surface area is 164 Å². The molecule has 0 aliphatic carbocycles. The number of aromatic nitrogens is 3. The molecule has 7 nitrogen and oxygen atoms in total. The van der Waals surface area contributed by atoms with Gasteiger partial charge in [0.15, 0.2) is 11.6 Å². The highest BCUT2D eigenvalue weighted by Gasteiger charge is 2.12. The van der Waals surface area contributed by atoms with Gasteiger partial charge in [0.25, 0.3) is 0 Å². The van der Waals surface area contributed by atoms with Gasteiger partial charge in [-0.15, -0.1) is 5.10 Å². The Bertz CT molecular complexity index is 1070. The van der Waals surface area contributed by atoms with Gasteiger partial charge in [0.1, 0.15) is 17.3 Å². The van der Waals surface area contributed by atoms with Crippen LogP contribution in [0.5, 0.6) is 11.5 Å². The van der Waals surface area contributed by atoms with Crippen LogP contribution in [0.25, 0.3) is 22.9 Å². The summed E-state index contributed by atoms with van der Waals surface area (Å²) in [5.74, 6) is 2.14. The second kappa shape index (κ2) is 8.01. The molecule has 0 aliphatic rings. The smallest absolute Gasteiger partial charge is 0.313 e. The van der Waals surface area contributed by atoms with E-state index in [0.717, 1.165) is 28.8 Å². The minimum atomic E-state index is -0.920. The average Bonchev–Trinajstić information content (AvgIpc) is 3.37. The second-order valence-electron chi connectivity index (χ2n) is 5.75. The largest absolute Gasteiger partial charge is 0.481 e. The van der Waals surface area contributed by atoms with E-state index in [1.165, 1.54) is 0 Å². The summed E-state index contributed by atoms with van der Waals surface area (Å²) in [5.41, 5.74) is 0.895. The zero-order chi connectivity index (χ0) is 19.3. The zero-order valence-corrected chi connectivity index (χ0v) is 15.3. The molecule has 0 fully saturated rings. The molecule has 8 heteroatoms. The van der Waals surface area contributed by atoms with Gasteiger partial charge >= 0.3 is 5.97 Å². The fourth-order valence-corrected chi connectivity index (χ4v) is 3.00. The van der Waals surface area contributed by atoms with E-state index in [0.29, 0.717) is 22.5 Å². The maximum atomic E-state index is 10.6. The number of H-pyrrole nitrogens is 1. The number of carbonyl (C=O) groups is 1. The van der Waals surface area contributed by atoms with Gasteiger partial charge in [-0.1, -0.05) is 30.0 Å². The van der Waals surface area contributed by atoms with E-state index in [4.69, 9.17) is 14.3 Å². The Morgan fingerprint density at radius 2 is 1.71 bits per heavy atom. The van der Waals surface area contributed by atoms with Gasteiger partial charge in [-0.2, -0.15) is 4.98 Å². The maximum Gasteiger partial charge on any atom is 0.313 e. The first-order chi connectivity index (χ1) is 13.7. The van der Waals surface area contributed by atoms with Gasteiger partial charge in [0.05, 0.1) is 5.75 Å². The first-order valence-corrected chi connectivity index (χ1v) is 9.36. The maximum absolute atomic E-state index is 10.6. The highest BCUT2D eigenvalue weighted by atomic mass is 32.2. The molecule has 0 radical (unpaired) electrons. The number of furan rings is 1. The molecule has 2 heterocycles. The van der Waals surface area contributed by atoms with Crippen molar-refractivity contribution in [1.82, 2.24) is 15.2 Å². The quantitative estimate of drug-likeness (QED) is 0.439. The van der Waals surface area contributed by atoms with Gasteiger partial charge in [0.2, 0.25) is 5.16 Å². The third-order valence-electron chi connectivity index (χ3n) is 3.75. The molecule has 0 aliphatic heterocycles. The predicted octanol–water partition coefficient (Wildman–Crippen LogP) is 4.70. The number of carboxylic acid groups (broad SMARTS) is 1. The van der Waals surface area contributed by atoms with Crippen molar-refractivity contribution in [1.29, 1.82) is 0 Å². The SMILES string of the molecule is O=C(O)CSc1n[nH]c(-c2ccc(-c3ccc(Oc4ccccc4)cc3)o2)n1. The number of hydrogen-bond acceptors (Lipinski definition) is 6. The topological polar surface area (TPSA) is 101 Å². The predicted molar refractivity (Wildman–Crippen MR) is 104 cm³/mol. The van der Waals surface area contributed by atoms with E-state index in [2.05, 4.69) is 15.2 Å². The summed E-state index contributed by atoms with van der Waals surface area (Å²) in [6.07, 6.45) is 0. The highest BCUT2D eigenvalue weighted by Crippen LogP contribution is 2.30. The monoisotopic (exact) mass is 393 g/mol. The van der Waals surface area contributed by atoms with Gasteiger partial charge in [-0.05, 0) is 48.5 Å². The van der Waals surface area contributed by atoms with E-state index in [-0.39, 0.29) is 5.75 Å². The van der Waals surface area contributed by atoms with Crippen LogP contribution in [0.4, 0.5) is 0 Å². The fourth-order valence-electron chi connectivity index (χ4n) is 2.48. The number of hydrogen-bond donors (Lipinski definition) is 2. The lowest BCUT2D eigenvalue weighted by molar-refractivity contribution is -0.133. The molecule has 4 aromatic rings. The lowest BCUT2D eigenvalue weighted by Gasteiger charge is -2.05. The summed E-state index contributed by atoms with van der Waals surface area (Å²) in [6.45, 7) is 0. The van der Waals surface area contributed by atoms with Crippen LogP contribution in [-0.2, 0) is 4.79 Å². The lowest BCUT2D eigenvalue weighted by atomic mass is 10.2. The first-order valence-electron chi connectivity index (χ1n) is 8.38. The van der Waals surface area contributed by atoms with Crippen LogP contribution in [0.15, 0.2) is 76.3 Å². The normalized spacial score (nSPS) is 10.7. The molecule has 4 rings (SSSR count). The minimum Gasteiger partial charge on any atom is -0.481 e. The highest BCUT2D eigenvalue weighted by molar-refractivity contribution is 7.99. The summed E-state index contributed by atoms with van der Waals surface area (Å²) in [5, 5.41) is 15.8. The number of para-hydroxylation sites is 1. The molecule has 0 saturated carbocycles. The Morgan fingerprint density at radius 1 is 1.00 bits per heavy atom. The van der Waals surface area contributed by atoms with Crippen molar-refractivity contribution in [3.05, 3.63) is 66.7 Å². The summed E-state index contributed by atoms with van der Waals surface area (Å²) in [6, 6.07) is 20.8. The van der Waals surface area contributed by atoms with Crippen molar-refractivity contribution in [3.8, 4) is 34.4 Å². The van der Waals surface area contributed by atoms with Crippen LogP contribution in [-0.4, -0.2) is 32.0 Å². The van der Waals surface area contributed by atoms with Crippen LogP contribution in [0.3, 0.4) is 0 Å². The number of ether oxygens (including phenoxy) is 1. The number of thioether (sulfide) groups is 1. The molecular formula is C20H15N3O4S. The Kier molecular flexibility index (Phi) is 5.11. The molecule has 0 amide bonds. The average molecular weight is 393 g/mol. The number of carboxylic acids is 1. The van der Waals surface area contributed by atoms with Crippen LogP contribution >= 0.6 is 11.8 Å². The van der Waals surface area contributed by atoms with Crippen LogP contribution < -0.4 is 4.74 Å². The van der Waals surface area contributed by atoms with Gasteiger partial charge in [0, 0.05) is 5.56 Å². The summed E-state index contributed by atoms with van der Waals surface area (Å²) < 4.78 is 11.6. The number of rotatable bonds is 7. The second-order valence-corrected chi connectivity index (χ2v) is 6.69. The van der Waals surface area contributed by atoms with E-state index < -0.39 is 5.97 Å². The molecule has 2 N–H and O–H groups in total. The summed E-state index contributed by atoms with van der Waals surface area (Å²) >= 11 is 1.04. The number of benzene rings is 2. The molecule has 0 atom stereocenters. The van der Waals surface area contributed by atoms with Crippen molar-refractivity contribution in [2.75, 3.05) is 5.75 Å². The molecule has 140 valence electrons. The molecule has 2 aromatic carbocycles. The standard InChI is InChI=1S/C20H15N3O4S/c24-18(25)12-28-20-21-19(22-23-20)17-11-10-16(27-17)13-6-8-15(9-7-13)26-14-4-2-1-3-5-14/h1-11H,12H2,(H,24,25)(H,21,22,23). The third kappa shape index (κ3) is 4.24.